The van der Waals surface area contributed by atoms with Crippen LogP contribution in [0.2, 0.25) is 0 Å². The molecule has 6 aromatic carbocycles. The van der Waals surface area contributed by atoms with E-state index in [0.717, 1.165) is 55.3 Å². The molecule has 11 aromatic rings. The van der Waals surface area contributed by atoms with E-state index in [4.69, 9.17) is 69.2 Å². The Labute approximate surface area is 879 Å². The number of carbonyl (C=O) groups is 2. The molecule has 150 heavy (non-hydrogen) atoms. The zero-order chi connectivity index (χ0) is 108. The van der Waals surface area contributed by atoms with Gasteiger partial charge in [0, 0.05) is 102 Å². The van der Waals surface area contributed by atoms with Crippen molar-refractivity contribution in [1.29, 1.82) is 0 Å². The van der Waals surface area contributed by atoms with Crippen molar-refractivity contribution in [1.82, 2.24) is 75.0 Å². The molecule has 5 aromatic heterocycles. The number of benzene rings is 6. The van der Waals surface area contributed by atoms with Crippen LogP contribution in [-0.2, 0) is 61.7 Å². The Morgan fingerprint density at radius 3 is 1.11 bits per heavy atom. The van der Waals surface area contributed by atoms with Crippen LogP contribution in [0.5, 0.6) is 0 Å². The molecule has 0 bridgehead atoms. The number of aromatic nitrogens is 15. The zero-order valence-corrected chi connectivity index (χ0v) is 85.2. The van der Waals surface area contributed by atoms with Crippen LogP contribution < -0.4 is 34.7 Å². The molecule has 6 saturated heterocycles. The average molecular weight is 2190 g/mol. The molecule has 0 aliphatic carbocycles. The van der Waals surface area contributed by atoms with Crippen LogP contribution >= 0.6 is 35.3 Å². The van der Waals surface area contributed by atoms with Gasteiger partial charge in [0.1, 0.15) is 107 Å². The second-order valence-electron chi connectivity index (χ2n) is 34.3. The summed E-state index contributed by atoms with van der Waals surface area (Å²) in [6.45, 7) is 6.02. The molecule has 11 heterocycles. The van der Waals surface area contributed by atoms with E-state index in [9.17, 15) is 101 Å². The Morgan fingerprint density at radius 1 is 0.460 bits per heavy atom. The summed E-state index contributed by atoms with van der Waals surface area (Å²) in [7, 11) is 5.04. The maximum absolute atomic E-state index is 14.0. The number of halogens is 15. The summed E-state index contributed by atoms with van der Waals surface area (Å²) in [4.78, 5) is 26.0. The number of ether oxygens (including phenoxy) is 11. The second kappa shape index (κ2) is 54.2. The van der Waals surface area contributed by atoms with Crippen LogP contribution in [0.25, 0.3) is 66.7 Å². The first kappa shape index (κ1) is 118. The number of carbonyl (C=O) groups excluding carboxylic acids is 2. The normalized spacial score (nSPS) is 26.7. The van der Waals surface area contributed by atoms with Crippen LogP contribution in [0.1, 0.15) is 99.4 Å². The van der Waals surface area contributed by atoms with Crippen LogP contribution in [0, 0.1) is 76.5 Å². The molecular weight excluding hydrogens is 2090 g/mol. The van der Waals surface area contributed by atoms with E-state index < -0.39 is 225 Å². The van der Waals surface area contributed by atoms with Crippen molar-refractivity contribution in [3.8, 4) is 68.6 Å². The standard InChI is InChI=1S/C32H33F5N6O6S.C29H29F5N6O6S.C23H27F3N6O6S.C9H6F2.CH3O.Na/c1-15-25(13-48-16(2)44)49-32(30(46-3)28(15)43-11-23(39-41-43)19-8-20(33)27(35)21(34)9-19)50-26-14-47-12-24(29(26)45)42-10-22(38-40-42)17-5-4-6-18(7-17)31(36)37;1-44-27-24(40-9-19(36-38-40)15-6-16(30)23(32)17(31)7-15)26(43)21(10-41)46-29(27)47-22-12-45-11-20(25(22)42)39-8-18(35-37-39)13-3-2-4-14(5-13)28(33)34;1-10-17(8-37-11(2)33)38-23(39-18-9-36-7-16(21(18)34)28-30-27)22(35-3)20(10)32-6-15(29-31-32)12-4-13(24)19(26)14(25)5-12;1-2-7-4-3-5-8(6-7)9(10)11;1-2;/h4-11,15,24-26,28-32,45H,12-14H2,1-3H3;2-9,20-22,24-29,41-43H,10-12H2,1H3;4-6,10,16-18,20-23,34H,7-9H2,1-3H3;1,3-6,9H;1H3;/q;;;;-1;+1. The van der Waals surface area contributed by atoms with E-state index in [1.54, 1.807) is 24.4 Å². The van der Waals surface area contributed by atoms with E-state index in [1.807, 2.05) is 13.8 Å². The zero-order valence-electron chi connectivity index (χ0n) is 80.7. The number of esters is 2. The number of aliphatic hydroxyl groups excluding tert-OH is 5. The van der Waals surface area contributed by atoms with E-state index in [-0.39, 0.29) is 139 Å². The fraction of sp³-hybridized carbons (Fsp3) is 0.468. The van der Waals surface area contributed by atoms with Gasteiger partial charge in [0.2, 0.25) is 0 Å². The Morgan fingerprint density at radius 2 is 0.773 bits per heavy atom. The predicted molar refractivity (Wildman–Crippen MR) is 498 cm³/mol. The quantitative estimate of drug-likeness (QED) is 0.00445. The van der Waals surface area contributed by atoms with Gasteiger partial charge >= 0.3 is 41.5 Å². The first-order valence-corrected chi connectivity index (χ1v) is 48.2. The van der Waals surface area contributed by atoms with Gasteiger partial charge in [0.15, 0.2) is 52.4 Å². The molecule has 6 aliphatic heterocycles. The van der Waals surface area contributed by atoms with Gasteiger partial charge in [0.05, 0.1) is 142 Å². The van der Waals surface area contributed by atoms with Crippen LogP contribution in [0.3, 0.4) is 0 Å². The number of thioether (sulfide) groups is 3. The largest absolute Gasteiger partial charge is 1.00 e. The molecule has 17 rings (SSSR count). The van der Waals surface area contributed by atoms with Gasteiger partial charge in [-0.2, -0.15) is 7.11 Å². The molecule has 5 N–H and O–H groups in total. The predicted octanol–water partition coefficient (Wildman–Crippen LogP) is 9.30. The molecule has 0 saturated carbocycles. The van der Waals surface area contributed by atoms with Gasteiger partial charge in [-0.1, -0.05) is 99.5 Å². The van der Waals surface area contributed by atoms with Gasteiger partial charge in [-0.15, -0.1) is 67.2 Å². The number of methoxy groups -OCH3 is 3. The van der Waals surface area contributed by atoms with Crippen molar-refractivity contribution in [2.24, 2.45) is 17.0 Å². The van der Waals surface area contributed by atoms with Crippen molar-refractivity contribution in [3.63, 3.8) is 0 Å². The first-order chi connectivity index (χ1) is 71.4. The van der Waals surface area contributed by atoms with Gasteiger partial charge < -0.3 is 82.7 Å². The molecule has 6 fully saturated rings. The number of alkyl halides is 6. The number of aliphatic hydroxyl groups is 5. The van der Waals surface area contributed by atoms with E-state index >= 15 is 0 Å². The molecule has 56 heteroatoms. The van der Waals surface area contributed by atoms with Crippen molar-refractivity contribution in [2.45, 2.75) is 176 Å². The Hall–Kier alpha value is -10.8. The summed E-state index contributed by atoms with van der Waals surface area (Å²) < 4.78 is 272. The monoisotopic (exact) mass is 2190 g/mol. The Balaban J connectivity index is 0.000000188. The summed E-state index contributed by atoms with van der Waals surface area (Å²) in [5.41, 5.74) is 8.03. The molecule has 0 amide bonds. The van der Waals surface area contributed by atoms with Crippen molar-refractivity contribution in [3.05, 3.63) is 225 Å². The molecule has 802 valence electrons. The summed E-state index contributed by atoms with van der Waals surface area (Å²) in [6.07, 6.45) is -4.80. The number of rotatable bonds is 28. The van der Waals surface area contributed by atoms with Crippen LogP contribution in [-0.4, -0.2) is 299 Å². The van der Waals surface area contributed by atoms with E-state index in [0.29, 0.717) is 28.1 Å². The minimum atomic E-state index is -2.66. The maximum Gasteiger partial charge on any atom is 1.00 e. The second-order valence-corrected chi connectivity index (χ2v) is 38.3. The smallest absolute Gasteiger partial charge is 0.857 e. The summed E-state index contributed by atoms with van der Waals surface area (Å²) in [6, 6.07) is 17.7. The fourth-order valence-electron chi connectivity index (χ4n) is 17.2. The van der Waals surface area contributed by atoms with Gasteiger partial charge in [-0.05, 0) is 66.2 Å². The van der Waals surface area contributed by atoms with Gasteiger partial charge in [0.25, 0.3) is 19.3 Å². The molecule has 24 atom stereocenters. The van der Waals surface area contributed by atoms with Crippen molar-refractivity contribution in [2.75, 3.05) is 87.9 Å². The molecule has 6 aliphatic rings. The number of azide groups is 1. The van der Waals surface area contributed by atoms with Crippen LogP contribution in [0.4, 0.5) is 65.9 Å². The number of nitrogens with zero attached hydrogens (tertiary/aromatic N) is 18. The Kier molecular flexibility index (Phi) is 42.6. The maximum atomic E-state index is 14.0. The number of terminal acetylenes is 1. The summed E-state index contributed by atoms with van der Waals surface area (Å²) >= 11 is 3.56. The molecule has 24 unspecified atom stereocenters. The SMILES string of the molecule is C#Cc1cccc(C(F)F)c1.COC1C(SC2COCC(N=[N+]=[N-])C2O)OC(COC(C)=O)C(C)C1n1cc(-c2cc(F)c(F)c(F)c2)nn1.COC1C(SC2COCC(n3cc(-c4cccc(C(F)F)c4)nn3)C2O)OC(CO)C(O)C1n1cc(-c2cc(F)c(F)c(F)c2)nn1.COC1C(SC2COCC(n3cc(-c4cccc(C(F)F)c4)nn3)C2O)OC(COC(C)=O)C(C)C1n1cc(-c2cc(F)c(F)c(F)c2)nn1.C[O-].[Na+]. The first-order valence-electron chi connectivity index (χ1n) is 45.4. The third-order valence-electron chi connectivity index (χ3n) is 24.9. The fourth-order valence-corrected chi connectivity index (χ4v) is 21.7. The minimum absolute atomic E-state index is 0. The average Bonchev–Trinajstić information content (AvgIpc) is 1.54. The molecule has 37 nitrogen and oxygen atoms in total. The van der Waals surface area contributed by atoms with E-state index in [1.165, 1.54) is 161 Å². The number of hydrogen-bond acceptors (Lipinski definition) is 33. The summed E-state index contributed by atoms with van der Waals surface area (Å²) in [5.74, 6) is -12.7. The third kappa shape index (κ3) is 28.1. The minimum Gasteiger partial charge on any atom is -0.857 e. The van der Waals surface area contributed by atoms with Crippen molar-refractivity contribution >= 4 is 47.2 Å². The third-order valence-corrected chi connectivity index (χ3v) is 29.2. The van der Waals surface area contributed by atoms with E-state index in [2.05, 4.69) is 67.5 Å². The van der Waals surface area contributed by atoms with Gasteiger partial charge in [-0.3, -0.25) is 9.59 Å². The molecule has 0 radical (unpaired) electrons. The number of hydrogen-bond donors (Lipinski definition) is 5. The Bertz CT molecular complexity index is 6360. The molecular formula is C94H98F15N18NaO19S3. The van der Waals surface area contributed by atoms with Crippen LogP contribution in [0.15, 0.2) is 145 Å². The topological polar surface area (TPSA) is 462 Å². The van der Waals surface area contributed by atoms with Crippen molar-refractivity contribution < 1.29 is 188 Å². The van der Waals surface area contributed by atoms with Gasteiger partial charge in [-0.25, -0.2) is 89.3 Å². The molecule has 0 spiro atoms. The summed E-state index contributed by atoms with van der Waals surface area (Å²) in [5, 5.41) is 106.